The number of benzene rings is 3. The van der Waals surface area contributed by atoms with Gasteiger partial charge in [-0.25, -0.2) is 4.79 Å². The normalized spacial score (nSPS) is 27.0. The van der Waals surface area contributed by atoms with Crippen molar-refractivity contribution in [1.29, 1.82) is 0 Å². The van der Waals surface area contributed by atoms with Crippen LogP contribution in [0.1, 0.15) is 41.0 Å². The van der Waals surface area contributed by atoms with Gasteiger partial charge < -0.3 is 36.0 Å². The van der Waals surface area contributed by atoms with Crippen molar-refractivity contribution in [2.45, 2.75) is 36.5 Å². The van der Waals surface area contributed by atoms with Crippen molar-refractivity contribution in [3.05, 3.63) is 99.8 Å². The van der Waals surface area contributed by atoms with Gasteiger partial charge in [-0.3, -0.25) is 24.6 Å². The van der Waals surface area contributed by atoms with Crippen molar-refractivity contribution >= 4 is 35.0 Å². The van der Waals surface area contributed by atoms with Gasteiger partial charge >= 0.3 is 6.09 Å². The summed E-state index contributed by atoms with van der Waals surface area (Å²) in [4.78, 5) is 54.2. The number of rotatable bonds is 5. The lowest BCUT2D eigenvalue weighted by atomic mass is 9.54. The van der Waals surface area contributed by atoms with Gasteiger partial charge in [0.1, 0.15) is 29.4 Å². The zero-order valence-electron chi connectivity index (χ0n) is 27.2. The third-order valence-electron chi connectivity index (χ3n) is 10.7. The highest BCUT2D eigenvalue weighted by atomic mass is 16.5. The fourth-order valence-electron chi connectivity index (χ4n) is 8.46. The van der Waals surface area contributed by atoms with E-state index in [0.717, 1.165) is 22.3 Å². The van der Waals surface area contributed by atoms with Gasteiger partial charge in [-0.05, 0) is 53.9 Å². The monoisotopic (exact) mass is 681 g/mol. The number of carbonyl (C=O) groups is 4. The molecular formula is C37H35N3O10. The topological polar surface area (TPSA) is 220 Å². The van der Waals surface area contributed by atoms with Crippen LogP contribution in [0.3, 0.4) is 0 Å². The third-order valence-corrected chi connectivity index (χ3v) is 10.7. The molecule has 13 nitrogen and oxygen atoms in total. The van der Waals surface area contributed by atoms with Crippen molar-refractivity contribution in [3.63, 3.8) is 0 Å². The van der Waals surface area contributed by atoms with Gasteiger partial charge in [0.05, 0.1) is 29.3 Å². The minimum Gasteiger partial charge on any atom is -0.508 e. The van der Waals surface area contributed by atoms with E-state index in [1.54, 1.807) is 6.92 Å². The van der Waals surface area contributed by atoms with E-state index >= 15 is 0 Å². The summed E-state index contributed by atoms with van der Waals surface area (Å²) in [6.45, 7) is 1.61. The number of aliphatic hydroxyl groups is 4. The molecule has 3 aromatic carbocycles. The Hall–Kier alpha value is -5.50. The first-order valence-corrected chi connectivity index (χ1v) is 16.0. The second-order valence-electron chi connectivity index (χ2n) is 13.4. The van der Waals surface area contributed by atoms with Crippen LogP contribution in [0.4, 0.5) is 10.5 Å². The molecule has 0 aromatic heterocycles. The maximum atomic E-state index is 14.2. The molecule has 0 radical (unpaired) electrons. The van der Waals surface area contributed by atoms with Crippen LogP contribution in [0.2, 0.25) is 0 Å². The molecule has 8 N–H and O–H groups in total. The molecule has 1 saturated carbocycles. The number of nitrogens with one attached hydrogen (secondary N) is 1. The Bertz CT molecular complexity index is 2040. The van der Waals surface area contributed by atoms with Crippen LogP contribution >= 0.6 is 0 Å². The number of hydrogen-bond acceptors (Lipinski definition) is 11. The number of likely N-dealkylation sites (N-methyl/N-ethyl adjacent to an activating group) is 1. The zero-order valence-corrected chi connectivity index (χ0v) is 27.2. The number of amides is 2. The molecule has 6 atom stereocenters. The van der Waals surface area contributed by atoms with Crippen LogP contribution in [0.5, 0.6) is 5.75 Å². The molecule has 2 amide bonds. The smallest absolute Gasteiger partial charge is 0.411 e. The minimum atomic E-state index is -3.03. The average molecular weight is 682 g/mol. The molecular weight excluding hydrogens is 646 g/mol. The summed E-state index contributed by atoms with van der Waals surface area (Å²) < 4.78 is 5.60. The van der Waals surface area contributed by atoms with Crippen LogP contribution in [0.15, 0.2) is 77.6 Å². The number of ether oxygens (including phenoxy) is 1. The highest BCUT2D eigenvalue weighted by Gasteiger charge is 2.68. The van der Waals surface area contributed by atoms with Gasteiger partial charge in [0.15, 0.2) is 11.4 Å². The number of phenolic OH excluding ortho intramolecular Hbond substituents is 1. The molecule has 0 saturated heterocycles. The second kappa shape index (κ2) is 11.5. The first kappa shape index (κ1) is 33.0. The number of carbonyl (C=O) groups excluding carboxylic acids is 4. The molecule has 50 heavy (non-hydrogen) atoms. The summed E-state index contributed by atoms with van der Waals surface area (Å²) in [7, 11) is 2.87. The quantitative estimate of drug-likeness (QED) is 0.153. The second-order valence-corrected chi connectivity index (χ2v) is 13.4. The van der Waals surface area contributed by atoms with E-state index in [1.165, 1.54) is 31.1 Å². The SMILES string of the molecule is CC1c2ccc(NC(=O)OCC3c4ccccc4-c4ccccc43)c(O)c2C(O)=C2C(=O)C3(O)C(O)=C(C(N)=O)C(=O)C(N(C)C)C3C(O)C21. The van der Waals surface area contributed by atoms with E-state index in [2.05, 4.69) is 5.32 Å². The van der Waals surface area contributed by atoms with Crippen molar-refractivity contribution in [2.24, 2.45) is 17.6 Å². The molecule has 1 fully saturated rings. The number of Topliss-reactive ketones (excluding diaryl/α,β-unsaturated/α-hetero) is 2. The molecule has 3 aromatic rings. The fraction of sp³-hybridized carbons (Fsp3) is 0.297. The highest BCUT2D eigenvalue weighted by molar-refractivity contribution is 6.24. The summed E-state index contributed by atoms with van der Waals surface area (Å²) in [6, 6.07) is 17.1. The van der Waals surface area contributed by atoms with E-state index in [9.17, 15) is 44.7 Å². The van der Waals surface area contributed by atoms with Gasteiger partial charge in [-0.2, -0.15) is 0 Å². The van der Waals surface area contributed by atoms with Crippen LogP contribution in [-0.4, -0.2) is 92.4 Å². The number of fused-ring (bicyclic) bond motifs is 6. The third kappa shape index (κ3) is 4.43. The van der Waals surface area contributed by atoms with Crippen molar-refractivity contribution in [2.75, 3.05) is 26.0 Å². The summed E-state index contributed by atoms with van der Waals surface area (Å²) in [5, 5.41) is 60.2. The minimum absolute atomic E-state index is 0.00748. The van der Waals surface area contributed by atoms with Crippen molar-refractivity contribution < 1.29 is 49.4 Å². The van der Waals surface area contributed by atoms with Gasteiger partial charge in [-0.15, -0.1) is 0 Å². The molecule has 0 spiro atoms. The van der Waals surface area contributed by atoms with Gasteiger partial charge in [0, 0.05) is 17.4 Å². The molecule has 4 aliphatic carbocycles. The Morgan fingerprint density at radius 2 is 1.54 bits per heavy atom. The Morgan fingerprint density at radius 1 is 0.940 bits per heavy atom. The summed E-state index contributed by atoms with van der Waals surface area (Å²) in [5.41, 5.74) is 4.79. The number of ketones is 2. The summed E-state index contributed by atoms with van der Waals surface area (Å²) in [5.74, 6) is -10.3. The van der Waals surface area contributed by atoms with E-state index in [4.69, 9.17) is 10.5 Å². The standard InChI is InChI=1S/C37H35N3O10/c1-15-16-12-13-22(39-36(48)50-14-21-19-10-6-4-8-17(19)18-9-5-7-11-20(18)21)29(41)24(16)30(42)25-23(15)31(43)27-28(40(2)3)32(44)26(35(38)47)34(46)37(27,49)33(25)45/h4-13,15,21,23,27-28,31,41-43,46,49H,14H2,1-3H3,(H2,38,47)(H,39,48). The Morgan fingerprint density at radius 3 is 2.12 bits per heavy atom. The molecule has 13 heteroatoms. The number of hydrogen-bond donors (Lipinski definition) is 7. The van der Waals surface area contributed by atoms with E-state index in [1.807, 2.05) is 48.5 Å². The van der Waals surface area contributed by atoms with Crippen molar-refractivity contribution in [3.8, 4) is 16.9 Å². The molecule has 4 aliphatic rings. The van der Waals surface area contributed by atoms with Crippen LogP contribution in [-0.2, 0) is 19.1 Å². The van der Waals surface area contributed by atoms with Crippen LogP contribution < -0.4 is 11.1 Å². The number of aromatic hydroxyl groups is 1. The number of primary amides is 1. The van der Waals surface area contributed by atoms with Gasteiger partial charge in [0.2, 0.25) is 5.78 Å². The summed E-state index contributed by atoms with van der Waals surface area (Å²) in [6.07, 6.45) is -2.61. The van der Waals surface area contributed by atoms with E-state index < -0.39 is 87.5 Å². The lowest BCUT2D eigenvalue weighted by molar-refractivity contribution is -0.169. The summed E-state index contributed by atoms with van der Waals surface area (Å²) >= 11 is 0. The predicted octanol–water partition coefficient (Wildman–Crippen LogP) is 2.86. The first-order valence-electron chi connectivity index (χ1n) is 16.0. The average Bonchev–Trinajstić information content (AvgIpc) is 3.39. The fourth-order valence-corrected chi connectivity index (χ4v) is 8.46. The number of nitrogens with two attached hydrogens (primary N) is 1. The van der Waals surface area contributed by atoms with Gasteiger partial charge in [0.25, 0.3) is 5.91 Å². The van der Waals surface area contributed by atoms with Crippen molar-refractivity contribution in [1.82, 2.24) is 4.90 Å². The lowest BCUT2D eigenvalue weighted by Gasteiger charge is -2.53. The number of nitrogens with zero attached hydrogens (tertiary/aromatic N) is 1. The maximum absolute atomic E-state index is 14.2. The molecule has 0 heterocycles. The molecule has 258 valence electrons. The molecule has 0 bridgehead atoms. The van der Waals surface area contributed by atoms with E-state index in [0.29, 0.717) is 5.56 Å². The molecule has 6 unspecified atom stereocenters. The zero-order chi connectivity index (χ0) is 36.0. The Kier molecular flexibility index (Phi) is 7.62. The largest absolute Gasteiger partial charge is 0.508 e. The van der Waals surface area contributed by atoms with Crippen LogP contribution in [0, 0.1) is 11.8 Å². The molecule has 7 rings (SSSR count). The first-order chi connectivity index (χ1) is 23.7. The Labute approximate surface area is 285 Å². The highest BCUT2D eigenvalue weighted by Crippen LogP contribution is 2.56. The van der Waals surface area contributed by atoms with E-state index in [-0.39, 0.29) is 23.8 Å². The Balaban J connectivity index is 1.22. The number of aliphatic hydroxyl groups excluding tert-OH is 3. The molecule has 0 aliphatic heterocycles. The van der Waals surface area contributed by atoms with Crippen LogP contribution in [0.25, 0.3) is 16.9 Å². The predicted molar refractivity (Wildman–Crippen MR) is 179 cm³/mol. The van der Waals surface area contributed by atoms with Gasteiger partial charge in [-0.1, -0.05) is 61.5 Å². The number of anilines is 1. The number of phenols is 1. The lowest BCUT2D eigenvalue weighted by Crippen LogP contribution is -2.70. The maximum Gasteiger partial charge on any atom is 0.411 e.